The van der Waals surface area contributed by atoms with Crippen molar-refractivity contribution < 1.29 is 18.9 Å². The van der Waals surface area contributed by atoms with E-state index in [0.717, 1.165) is 5.56 Å². The van der Waals surface area contributed by atoms with Gasteiger partial charge in [-0.2, -0.15) is 0 Å². The van der Waals surface area contributed by atoms with E-state index in [4.69, 9.17) is 9.15 Å². The van der Waals surface area contributed by atoms with Crippen LogP contribution in [0.3, 0.4) is 0 Å². The summed E-state index contributed by atoms with van der Waals surface area (Å²) in [7, 11) is 0. The number of carbonyl (C=O) groups excluding carboxylic acids is 1. The molecule has 2 aromatic carbocycles. The second kappa shape index (κ2) is 8.66. The van der Waals surface area contributed by atoms with E-state index in [-0.39, 0.29) is 24.0 Å². The number of ether oxygens (including phenoxy) is 1. The average molecular weight is 366 g/mol. The van der Waals surface area contributed by atoms with Crippen molar-refractivity contribution in [3.05, 3.63) is 94.4 Å². The molecule has 0 spiro atoms. The maximum atomic E-state index is 12.7. The van der Waals surface area contributed by atoms with Gasteiger partial charge in [0.2, 0.25) is 0 Å². The highest BCUT2D eigenvalue weighted by molar-refractivity contribution is 5.77. The van der Waals surface area contributed by atoms with E-state index < -0.39 is 4.92 Å². The van der Waals surface area contributed by atoms with E-state index in [9.17, 15) is 14.9 Å². The zero-order valence-electron chi connectivity index (χ0n) is 14.5. The lowest BCUT2D eigenvalue weighted by Crippen LogP contribution is -2.34. The highest BCUT2D eigenvalue weighted by atomic mass is 16.6. The van der Waals surface area contributed by atoms with E-state index in [1.54, 1.807) is 29.4 Å². The molecule has 0 fully saturated rings. The minimum absolute atomic E-state index is 0.0864. The molecule has 3 rings (SSSR count). The molecule has 138 valence electrons. The fourth-order valence-corrected chi connectivity index (χ4v) is 2.55. The Hall–Kier alpha value is -3.61. The maximum absolute atomic E-state index is 12.7. The van der Waals surface area contributed by atoms with Gasteiger partial charge < -0.3 is 14.1 Å². The summed E-state index contributed by atoms with van der Waals surface area (Å²) < 4.78 is 10.8. The Labute approximate surface area is 155 Å². The molecule has 7 nitrogen and oxygen atoms in total. The first-order valence-corrected chi connectivity index (χ1v) is 8.33. The smallest absolute Gasteiger partial charge is 0.273 e. The summed E-state index contributed by atoms with van der Waals surface area (Å²) in [5, 5.41) is 10.8. The monoisotopic (exact) mass is 366 g/mol. The number of amides is 1. The summed E-state index contributed by atoms with van der Waals surface area (Å²) >= 11 is 0. The molecule has 27 heavy (non-hydrogen) atoms. The van der Waals surface area contributed by atoms with Gasteiger partial charge in [-0.15, -0.1) is 0 Å². The van der Waals surface area contributed by atoms with Gasteiger partial charge in [-0.3, -0.25) is 14.9 Å². The van der Waals surface area contributed by atoms with Gasteiger partial charge >= 0.3 is 0 Å². The van der Waals surface area contributed by atoms with Crippen molar-refractivity contribution in [1.29, 1.82) is 0 Å². The van der Waals surface area contributed by atoms with Gasteiger partial charge in [-0.05, 0) is 23.8 Å². The molecule has 0 unspecified atom stereocenters. The van der Waals surface area contributed by atoms with Crippen LogP contribution in [0.1, 0.15) is 11.3 Å². The maximum Gasteiger partial charge on any atom is 0.273 e. The second-order valence-electron chi connectivity index (χ2n) is 5.86. The standard InChI is InChI=1S/C20H18N2O5/c23-20(15-27-18-9-4-8-17(12-18)22(24)25)21(14-19-10-5-11-26-19)13-16-6-2-1-3-7-16/h1-12H,13-15H2. The highest BCUT2D eigenvalue weighted by Crippen LogP contribution is 2.19. The highest BCUT2D eigenvalue weighted by Gasteiger charge is 2.17. The van der Waals surface area contributed by atoms with Gasteiger partial charge in [0, 0.05) is 12.6 Å². The Morgan fingerprint density at radius 2 is 1.85 bits per heavy atom. The van der Waals surface area contributed by atoms with Gasteiger partial charge in [0.15, 0.2) is 6.61 Å². The first-order valence-electron chi connectivity index (χ1n) is 8.33. The van der Waals surface area contributed by atoms with Crippen molar-refractivity contribution >= 4 is 11.6 Å². The Morgan fingerprint density at radius 3 is 2.56 bits per heavy atom. The van der Waals surface area contributed by atoms with Crippen molar-refractivity contribution in [3.63, 3.8) is 0 Å². The number of rotatable bonds is 8. The molecule has 1 heterocycles. The van der Waals surface area contributed by atoms with Crippen molar-refractivity contribution in [2.24, 2.45) is 0 Å². The Kier molecular flexibility index (Phi) is 5.84. The fourth-order valence-electron chi connectivity index (χ4n) is 2.55. The normalized spacial score (nSPS) is 10.4. The lowest BCUT2D eigenvalue weighted by atomic mass is 10.2. The van der Waals surface area contributed by atoms with Crippen LogP contribution in [-0.4, -0.2) is 22.3 Å². The summed E-state index contributed by atoms with van der Waals surface area (Å²) in [6.45, 7) is 0.479. The number of nitro groups is 1. The molecule has 0 aliphatic rings. The molecular weight excluding hydrogens is 348 g/mol. The van der Waals surface area contributed by atoms with Crippen LogP contribution in [0.4, 0.5) is 5.69 Å². The number of hydrogen-bond acceptors (Lipinski definition) is 5. The third kappa shape index (κ3) is 5.18. The Bertz CT molecular complexity index is 894. The topological polar surface area (TPSA) is 85.8 Å². The van der Waals surface area contributed by atoms with Crippen molar-refractivity contribution in [1.82, 2.24) is 4.90 Å². The molecule has 7 heteroatoms. The van der Waals surface area contributed by atoms with E-state index in [2.05, 4.69) is 0 Å². The van der Waals surface area contributed by atoms with Crippen LogP contribution >= 0.6 is 0 Å². The van der Waals surface area contributed by atoms with Gasteiger partial charge in [-0.25, -0.2) is 0 Å². The SMILES string of the molecule is O=C(COc1cccc([N+](=O)[O-])c1)N(Cc1ccccc1)Cc1ccco1. The lowest BCUT2D eigenvalue weighted by Gasteiger charge is -2.22. The average Bonchev–Trinajstić information content (AvgIpc) is 3.20. The summed E-state index contributed by atoms with van der Waals surface area (Å²) in [6, 6.07) is 18.9. The summed E-state index contributed by atoms with van der Waals surface area (Å²) in [5.74, 6) is 0.687. The molecule has 0 bridgehead atoms. The number of nitrogens with zero attached hydrogens (tertiary/aromatic N) is 2. The predicted molar refractivity (Wildman–Crippen MR) is 98.0 cm³/mol. The molecule has 1 amide bonds. The molecule has 0 radical (unpaired) electrons. The zero-order valence-corrected chi connectivity index (χ0v) is 14.5. The van der Waals surface area contributed by atoms with E-state index in [0.29, 0.717) is 18.8 Å². The van der Waals surface area contributed by atoms with Crippen LogP contribution in [-0.2, 0) is 17.9 Å². The largest absolute Gasteiger partial charge is 0.484 e. The number of furan rings is 1. The van der Waals surface area contributed by atoms with Gasteiger partial charge in [-0.1, -0.05) is 36.4 Å². The molecule has 3 aromatic rings. The first kappa shape index (κ1) is 18.2. The Morgan fingerprint density at radius 1 is 1.04 bits per heavy atom. The lowest BCUT2D eigenvalue weighted by molar-refractivity contribution is -0.384. The van der Waals surface area contributed by atoms with Gasteiger partial charge in [0.05, 0.1) is 23.8 Å². The van der Waals surface area contributed by atoms with Gasteiger partial charge in [0.25, 0.3) is 11.6 Å². The van der Waals surface area contributed by atoms with Crippen LogP contribution in [0.15, 0.2) is 77.4 Å². The van der Waals surface area contributed by atoms with Crippen LogP contribution in [0.25, 0.3) is 0 Å². The molecule has 0 saturated carbocycles. The molecule has 0 aliphatic heterocycles. The second-order valence-corrected chi connectivity index (χ2v) is 5.86. The minimum Gasteiger partial charge on any atom is -0.484 e. The number of benzene rings is 2. The number of nitro benzene ring substituents is 1. The Balaban J connectivity index is 1.68. The van der Waals surface area contributed by atoms with Crippen LogP contribution in [0.5, 0.6) is 5.75 Å². The summed E-state index contributed by atoms with van der Waals surface area (Å²) in [5.41, 5.74) is 0.893. The predicted octanol–water partition coefficient (Wildman–Crippen LogP) is 3.80. The molecular formula is C20H18N2O5. The number of carbonyl (C=O) groups is 1. The quantitative estimate of drug-likeness (QED) is 0.447. The fraction of sp³-hybridized carbons (Fsp3) is 0.150. The van der Waals surface area contributed by atoms with Crippen LogP contribution < -0.4 is 4.74 Å². The van der Waals surface area contributed by atoms with Crippen molar-refractivity contribution in [2.75, 3.05) is 6.61 Å². The molecule has 0 saturated heterocycles. The molecule has 0 N–H and O–H groups in total. The van der Waals surface area contributed by atoms with Crippen molar-refractivity contribution in [3.8, 4) is 5.75 Å². The molecule has 1 aromatic heterocycles. The number of non-ortho nitro benzene ring substituents is 1. The van der Waals surface area contributed by atoms with Crippen LogP contribution in [0.2, 0.25) is 0 Å². The van der Waals surface area contributed by atoms with Gasteiger partial charge in [0.1, 0.15) is 11.5 Å². The minimum atomic E-state index is -0.507. The zero-order chi connectivity index (χ0) is 19.1. The van der Waals surface area contributed by atoms with Crippen LogP contribution in [0, 0.1) is 10.1 Å². The van der Waals surface area contributed by atoms with Crippen molar-refractivity contribution in [2.45, 2.75) is 13.1 Å². The summed E-state index contributed by atoms with van der Waals surface area (Å²) in [6.07, 6.45) is 1.56. The summed E-state index contributed by atoms with van der Waals surface area (Å²) in [4.78, 5) is 24.6. The van der Waals surface area contributed by atoms with E-state index in [1.807, 2.05) is 30.3 Å². The third-order valence-electron chi connectivity index (χ3n) is 3.89. The number of hydrogen-bond donors (Lipinski definition) is 0. The first-order chi connectivity index (χ1) is 13.1. The molecule has 0 atom stereocenters. The molecule has 0 aliphatic carbocycles. The third-order valence-corrected chi connectivity index (χ3v) is 3.89. The van der Waals surface area contributed by atoms with E-state index >= 15 is 0 Å². The van der Waals surface area contributed by atoms with E-state index in [1.165, 1.54) is 18.2 Å².